The van der Waals surface area contributed by atoms with E-state index in [9.17, 15) is 9.59 Å². The molecule has 11 aliphatic rings. The number of thiophene rings is 5. The topological polar surface area (TPSA) is 266 Å². The Labute approximate surface area is 892 Å². The van der Waals surface area contributed by atoms with Gasteiger partial charge in [0.2, 0.25) is 0 Å². The fourth-order valence-corrected chi connectivity index (χ4v) is 28.3. The number of nitrogens with zero attached hydrogens (tertiary/aromatic N) is 13. The van der Waals surface area contributed by atoms with Crippen LogP contribution in [-0.2, 0) is 74.2 Å². The summed E-state index contributed by atoms with van der Waals surface area (Å²) in [4.78, 5) is 64.4. The lowest BCUT2D eigenvalue weighted by atomic mass is 9.99. The summed E-state index contributed by atoms with van der Waals surface area (Å²) in [6.07, 6.45) is 22.5. The maximum atomic E-state index is 13.3. The van der Waals surface area contributed by atoms with Gasteiger partial charge < -0.3 is 62.9 Å². The van der Waals surface area contributed by atoms with E-state index >= 15 is 0 Å². The molecule has 5 atom stereocenters. The number of amides is 2. The van der Waals surface area contributed by atoms with Crippen molar-refractivity contribution in [1.29, 1.82) is 0 Å². The van der Waals surface area contributed by atoms with Crippen LogP contribution in [0.5, 0.6) is 28.7 Å². The number of pyridine rings is 5. The van der Waals surface area contributed by atoms with Crippen LogP contribution < -0.4 is 34.3 Å². The normalized spacial score (nSPS) is 19.4. The molecule has 35 heteroatoms. The predicted octanol–water partition coefficient (Wildman–Crippen LogP) is 24.6. The maximum Gasteiger partial charge on any atom is 0.263 e. The highest BCUT2D eigenvalue weighted by Crippen LogP contribution is 2.54. The molecule has 4 fully saturated rings. The summed E-state index contributed by atoms with van der Waals surface area (Å²) in [7, 11) is 4.10. The van der Waals surface area contributed by atoms with Crippen molar-refractivity contribution in [2.45, 2.75) is 152 Å². The van der Waals surface area contributed by atoms with Crippen LogP contribution in [0.1, 0.15) is 136 Å². The smallest absolute Gasteiger partial charge is 0.263 e. The van der Waals surface area contributed by atoms with Gasteiger partial charge in [-0.3, -0.25) is 44.5 Å². The van der Waals surface area contributed by atoms with E-state index in [4.69, 9.17) is 90.6 Å². The summed E-state index contributed by atoms with van der Waals surface area (Å²) in [6, 6.07) is 41.1. The zero-order chi connectivity index (χ0) is 99.2. The molecule has 0 spiro atoms. The molecule has 0 radical (unpaired) electrons. The number of likely N-dealkylation sites (tertiary alicyclic amines) is 4. The van der Waals surface area contributed by atoms with E-state index in [-0.39, 0.29) is 30.1 Å². The van der Waals surface area contributed by atoms with Gasteiger partial charge in [0.05, 0.1) is 56.8 Å². The number of piperidine rings is 2. The molecular weight excluding hydrogens is 2050 g/mol. The van der Waals surface area contributed by atoms with E-state index in [1.807, 2.05) is 174 Å². The maximum absolute atomic E-state index is 13.3. The Balaban J connectivity index is 0.0000000957. The Morgan fingerprint density at radius 2 is 0.844 bits per heavy atom. The zero-order valence-corrected chi connectivity index (χ0v) is 88.3. The SMILES string of the molecule is CN1CCc2noc(C3Cc4cc(Cl)cc(-c5ccnc6ccsc56)c4O3)c2C1.CNC1CCN(C(=O)C2Cc3cc(Cl)cc(-c4ccnc5ccsc45)c3O2)CC1.Clc1cc2c(c(-c3ccnc4ccsc34)c1)OC(c1n[nH]c3c1CNCC3)C2.Clc1cc2c(c(-c3ccnc4ccsc34)c1)OC(c1ocnc1CN1CCC1)C2.O=C(C1Cc2cc(Cl)cc(-c3ccnc4ccsc34)c2O1)N1CCC(N2CCCC2)CC1. The van der Waals surface area contributed by atoms with Crippen LogP contribution in [0.15, 0.2) is 195 Å². The number of hydrogen-bond donors (Lipinski definition) is 3. The van der Waals surface area contributed by atoms with E-state index in [0.717, 1.165) is 327 Å². The number of H-pyrrole nitrogens is 1. The lowest BCUT2D eigenvalue weighted by Crippen LogP contribution is -2.49. The highest BCUT2D eigenvalue weighted by atomic mass is 35.5. The largest absolute Gasteiger partial charge is 0.483 e. The lowest BCUT2D eigenvalue weighted by molar-refractivity contribution is -0.140. The molecule has 13 aromatic heterocycles. The van der Waals surface area contributed by atoms with Crippen molar-refractivity contribution in [3.63, 3.8) is 0 Å². The molecule has 11 aliphatic heterocycles. The van der Waals surface area contributed by atoms with Gasteiger partial charge in [0.1, 0.15) is 46.2 Å². The number of aromatic nitrogens is 9. The van der Waals surface area contributed by atoms with Gasteiger partial charge in [-0.2, -0.15) is 5.10 Å². The average Bonchev–Trinajstić information content (AvgIpc) is 1.63. The quantitative estimate of drug-likeness (QED) is 0.0913. The summed E-state index contributed by atoms with van der Waals surface area (Å²) >= 11 is 40.8. The summed E-state index contributed by atoms with van der Waals surface area (Å²) in [6.45, 7) is 12.4. The fourth-order valence-electron chi connectivity index (χ4n) is 22.7. The summed E-state index contributed by atoms with van der Waals surface area (Å²) in [5.74, 6) is 6.11. The molecule has 29 rings (SSSR count). The van der Waals surface area contributed by atoms with E-state index in [2.05, 4.69) is 93.8 Å². The minimum absolute atomic E-state index is 0.0776. The number of ether oxygens (including phenoxy) is 5. The Morgan fingerprint density at radius 1 is 0.435 bits per heavy atom. The number of nitrogens with one attached hydrogen (secondary N) is 3. The van der Waals surface area contributed by atoms with Gasteiger partial charge >= 0.3 is 0 Å². The van der Waals surface area contributed by atoms with Gasteiger partial charge in [0, 0.05) is 272 Å². The Kier molecular flexibility index (Phi) is 27.1. The van der Waals surface area contributed by atoms with Crippen molar-refractivity contribution < 1.29 is 42.2 Å². The van der Waals surface area contributed by atoms with Gasteiger partial charge in [0.15, 0.2) is 42.3 Å². The molecule has 24 heterocycles. The number of oxazole rings is 1. The first kappa shape index (κ1) is 96.3. The Hall–Kier alpha value is -11.5. The molecule has 748 valence electrons. The van der Waals surface area contributed by atoms with Crippen LogP contribution in [0.4, 0.5) is 0 Å². The molecule has 5 unspecified atom stereocenters. The van der Waals surface area contributed by atoms with Gasteiger partial charge in [-0.05, 0) is 233 Å². The van der Waals surface area contributed by atoms with Gasteiger partial charge in [-0.15, -0.1) is 56.7 Å². The van der Waals surface area contributed by atoms with Crippen molar-refractivity contribution in [3.8, 4) is 84.4 Å². The van der Waals surface area contributed by atoms with Gasteiger partial charge in [0.25, 0.3) is 11.8 Å². The summed E-state index contributed by atoms with van der Waals surface area (Å²) in [5.41, 5.74) is 27.3. The zero-order valence-electron chi connectivity index (χ0n) is 80.5. The van der Waals surface area contributed by atoms with Crippen LogP contribution in [0.3, 0.4) is 0 Å². The molecule has 2 amide bonds. The van der Waals surface area contributed by atoms with Gasteiger partial charge in [-0.25, -0.2) is 4.98 Å². The standard InChI is InChI=1S/C25H26ClN3O2S.2C22H18ClN3O2S.C22H22ClN3O2S.C21H17ClN4OS/c26-17-13-16-14-22(25(30)29-10-4-18(5-11-29)28-8-1-2-9-28)31-23(16)20(15-17)19-3-7-27-21-6-12-32-24(19)21;1-26-6-3-17-16(11-26)21(28-25-17)19-9-12-8-13(23)10-15(20(12)27-19)14-2-5-24-18-4-7-29-22(14)18;23-14-8-13-9-19(21-18(25-12-27-21)11-26-5-1-6-26)28-20(13)16(10-14)15-2-4-24-17-3-7-29-22(15)17;1-24-15-3-7-26(8-4-15)22(27)19-11-13-10-14(23)12-17(20(13)28-19)16-2-6-25-18-5-9-29-21(16)18;22-12-7-11-8-18(19-15-10-23-4-2-16(15)25-26-19)27-20(11)14(9-12)13-1-5-24-17-3-6-28-21(13)17/h3,6-7,12-13,15,18,22H,1-2,4-5,8-11,14H2;2,4-5,7-8,10,19H,3,6,9,11H2,1H3;2-4,7-8,10,12,19H,1,5-6,9,11H2;2,5-6,9-10,12,15,19,24H,3-4,7-8,11H2,1H3;1,3,5-7,9,18,23H,2,4,8,10H2,(H,25,26). The van der Waals surface area contributed by atoms with E-state index in [0.29, 0.717) is 45.0 Å². The monoisotopic (exact) mass is 2150 g/mol. The molecule has 25 nitrogen and oxygen atoms in total. The van der Waals surface area contributed by atoms with Crippen molar-refractivity contribution in [1.82, 2.24) is 80.4 Å². The van der Waals surface area contributed by atoms with Crippen molar-refractivity contribution in [2.75, 3.05) is 79.5 Å². The van der Waals surface area contributed by atoms with E-state index in [1.165, 1.54) is 55.6 Å². The average molecular weight is 2150 g/mol. The van der Waals surface area contributed by atoms with Gasteiger partial charge in [-0.1, -0.05) is 63.2 Å². The predicted molar refractivity (Wildman–Crippen MR) is 584 cm³/mol. The number of hydrogen-bond acceptors (Lipinski definition) is 27. The van der Waals surface area contributed by atoms with Crippen LogP contribution in [0.2, 0.25) is 25.1 Å². The van der Waals surface area contributed by atoms with Crippen molar-refractivity contribution >= 4 is 178 Å². The number of carbonyl (C=O) groups excluding carboxylic acids is 2. The van der Waals surface area contributed by atoms with E-state index in [1.54, 1.807) is 62.9 Å². The van der Waals surface area contributed by atoms with Crippen LogP contribution in [0, 0.1) is 0 Å². The van der Waals surface area contributed by atoms with Crippen molar-refractivity contribution in [2.24, 2.45) is 0 Å². The molecular formula is C112H101Cl5N16O9S5. The number of halogens is 5. The first-order chi connectivity index (χ1) is 72.0. The lowest BCUT2D eigenvalue weighted by Gasteiger charge is -2.37. The summed E-state index contributed by atoms with van der Waals surface area (Å²) in [5, 5.41) is 32.6. The highest BCUT2D eigenvalue weighted by Gasteiger charge is 2.43. The minimum atomic E-state index is -0.478. The molecule has 147 heavy (non-hydrogen) atoms. The minimum Gasteiger partial charge on any atom is -0.483 e. The molecule has 0 saturated carbocycles. The number of fused-ring (bicyclic) bond motifs is 12. The number of rotatable bonds is 14. The number of benzene rings is 5. The third-order valence-electron chi connectivity index (χ3n) is 30.1. The van der Waals surface area contributed by atoms with Crippen LogP contribution in [-0.4, -0.2) is 185 Å². The molecule has 0 aliphatic carbocycles. The number of likely N-dealkylation sites (N-methyl/N-ethyl adjacent to an activating group) is 1. The molecule has 18 aromatic rings. The third kappa shape index (κ3) is 19.1. The fraction of sp³-hybridized carbons (Fsp3) is 0.321. The molecule has 3 N–H and O–H groups in total. The Bertz CT molecular complexity index is 8070. The second-order valence-corrected chi connectivity index (χ2v) is 45.9. The number of aromatic amines is 1. The highest BCUT2D eigenvalue weighted by molar-refractivity contribution is 7.19. The second kappa shape index (κ2) is 41.4. The molecule has 0 bridgehead atoms. The Morgan fingerprint density at radius 3 is 1.27 bits per heavy atom. The second-order valence-electron chi connectivity index (χ2n) is 39.2. The van der Waals surface area contributed by atoms with Crippen LogP contribution in [0.25, 0.3) is 107 Å². The molecule has 5 aromatic carbocycles. The van der Waals surface area contributed by atoms with E-state index < -0.39 is 12.2 Å². The summed E-state index contributed by atoms with van der Waals surface area (Å²) < 4.78 is 49.3. The van der Waals surface area contributed by atoms with Crippen LogP contribution >= 0.6 is 115 Å². The first-order valence-electron chi connectivity index (χ1n) is 50.2. The first-order valence-corrected chi connectivity index (χ1v) is 56.5. The molecule has 4 saturated heterocycles. The third-order valence-corrected chi connectivity index (χ3v) is 35.9. The number of carbonyl (C=O) groups is 2. The van der Waals surface area contributed by atoms with Crippen molar-refractivity contribution in [3.05, 3.63) is 284 Å².